The van der Waals surface area contributed by atoms with E-state index in [0.717, 1.165) is 56.7 Å². The van der Waals surface area contributed by atoms with E-state index in [1.165, 1.54) is 11.1 Å². The van der Waals surface area contributed by atoms with E-state index in [2.05, 4.69) is 44.5 Å². The molecule has 2 aliphatic heterocycles. The van der Waals surface area contributed by atoms with Crippen molar-refractivity contribution in [3.05, 3.63) is 88.9 Å². The van der Waals surface area contributed by atoms with Gasteiger partial charge in [0.2, 0.25) is 5.91 Å². The Labute approximate surface area is 206 Å². The smallest absolute Gasteiger partial charge is 0.275 e. The van der Waals surface area contributed by atoms with E-state index in [9.17, 15) is 9.59 Å². The van der Waals surface area contributed by atoms with Crippen LogP contribution in [0, 0.1) is 6.92 Å². The fourth-order valence-corrected chi connectivity index (χ4v) is 5.02. The number of hydrogen-bond donors (Lipinski definition) is 1. The molecule has 0 saturated carbocycles. The summed E-state index contributed by atoms with van der Waals surface area (Å²) in [6.07, 6.45) is 4.90. The minimum Gasteiger partial charge on any atom is -0.334 e. The molecule has 0 aliphatic carbocycles. The normalized spacial score (nSPS) is 17.4. The average Bonchev–Trinajstić information content (AvgIpc) is 3.52. The number of amides is 2. The third kappa shape index (κ3) is 5.41. The lowest BCUT2D eigenvalue weighted by Crippen LogP contribution is -2.32. The number of anilines is 1. The molecule has 0 spiro atoms. The number of fused-ring (bicyclic) bond motifs is 1. The maximum absolute atomic E-state index is 13.1. The summed E-state index contributed by atoms with van der Waals surface area (Å²) in [7, 11) is 0. The minimum absolute atomic E-state index is 0.0798. The number of nitrogens with one attached hydrogen (secondary N) is 1. The minimum atomic E-state index is -0.300. The molecular formula is C28H31N5O2. The summed E-state index contributed by atoms with van der Waals surface area (Å²) in [6, 6.07) is 17.6. The SMILES string of the molecule is Cc1ccc(NC(=O)c2cccc(C3CCCN3C(=O)CCCN3Cc4ccccc4C3)n2)nc1. The molecule has 2 aliphatic rings. The standard InChI is InChI=1S/C28H31N5O2/c1-20-13-14-26(29-17-20)31-28(35)24-10-4-9-23(30-24)25-11-5-16-33(25)27(34)12-6-15-32-18-21-7-2-3-8-22(21)19-32/h2-4,7-10,13-14,17,25H,5-6,11-12,15-16,18-19H2,1H3,(H,29,31,35). The molecule has 0 radical (unpaired) electrons. The molecule has 7 nitrogen and oxygen atoms in total. The van der Waals surface area contributed by atoms with Gasteiger partial charge in [-0.25, -0.2) is 9.97 Å². The van der Waals surface area contributed by atoms with Crippen LogP contribution in [0.3, 0.4) is 0 Å². The van der Waals surface area contributed by atoms with Gasteiger partial charge in [-0.15, -0.1) is 0 Å². The van der Waals surface area contributed by atoms with Crippen LogP contribution < -0.4 is 5.32 Å². The zero-order valence-corrected chi connectivity index (χ0v) is 20.1. The number of nitrogens with zero attached hydrogens (tertiary/aromatic N) is 4. The molecule has 5 rings (SSSR count). The lowest BCUT2D eigenvalue weighted by molar-refractivity contribution is -0.132. The van der Waals surface area contributed by atoms with Crippen LogP contribution in [0.5, 0.6) is 0 Å². The molecule has 2 aromatic heterocycles. The second-order valence-electron chi connectivity index (χ2n) is 9.45. The molecule has 7 heteroatoms. The Bertz CT molecular complexity index is 1180. The van der Waals surface area contributed by atoms with Crippen molar-refractivity contribution in [1.82, 2.24) is 19.8 Å². The first kappa shape index (κ1) is 23.2. The highest BCUT2D eigenvalue weighted by Crippen LogP contribution is 2.32. The van der Waals surface area contributed by atoms with Gasteiger partial charge < -0.3 is 10.2 Å². The van der Waals surface area contributed by atoms with E-state index >= 15 is 0 Å². The van der Waals surface area contributed by atoms with E-state index in [0.29, 0.717) is 17.9 Å². The van der Waals surface area contributed by atoms with Crippen molar-refractivity contribution in [2.45, 2.75) is 51.7 Å². The van der Waals surface area contributed by atoms with E-state index in [4.69, 9.17) is 0 Å². The second-order valence-corrected chi connectivity index (χ2v) is 9.45. The number of benzene rings is 1. The number of carbonyl (C=O) groups excluding carboxylic acids is 2. The number of carbonyl (C=O) groups is 2. The topological polar surface area (TPSA) is 78.4 Å². The van der Waals surface area contributed by atoms with E-state index < -0.39 is 0 Å². The predicted octanol–water partition coefficient (Wildman–Crippen LogP) is 4.50. The molecule has 3 aromatic rings. The van der Waals surface area contributed by atoms with Crippen molar-refractivity contribution in [2.24, 2.45) is 0 Å². The largest absolute Gasteiger partial charge is 0.334 e. The summed E-state index contributed by atoms with van der Waals surface area (Å²) in [5.41, 5.74) is 4.92. The highest BCUT2D eigenvalue weighted by atomic mass is 16.2. The van der Waals surface area contributed by atoms with Crippen molar-refractivity contribution in [3.63, 3.8) is 0 Å². The highest BCUT2D eigenvalue weighted by molar-refractivity contribution is 6.02. The molecule has 1 aromatic carbocycles. The summed E-state index contributed by atoms with van der Waals surface area (Å²) in [5.74, 6) is 0.363. The summed E-state index contributed by atoms with van der Waals surface area (Å²) in [5, 5.41) is 2.80. The number of hydrogen-bond acceptors (Lipinski definition) is 5. The third-order valence-corrected chi connectivity index (χ3v) is 6.84. The Morgan fingerprint density at radius 3 is 2.57 bits per heavy atom. The maximum atomic E-state index is 13.1. The molecule has 35 heavy (non-hydrogen) atoms. The Balaban J connectivity index is 1.17. The van der Waals surface area contributed by atoms with Crippen molar-refractivity contribution < 1.29 is 9.59 Å². The van der Waals surface area contributed by atoms with Crippen LogP contribution in [0.2, 0.25) is 0 Å². The predicted molar refractivity (Wildman–Crippen MR) is 135 cm³/mol. The molecule has 1 unspecified atom stereocenters. The van der Waals surface area contributed by atoms with Crippen molar-refractivity contribution in [1.29, 1.82) is 0 Å². The van der Waals surface area contributed by atoms with Crippen LogP contribution in [-0.4, -0.2) is 44.7 Å². The molecule has 1 atom stereocenters. The summed E-state index contributed by atoms with van der Waals surface area (Å²) >= 11 is 0. The highest BCUT2D eigenvalue weighted by Gasteiger charge is 2.31. The van der Waals surface area contributed by atoms with Crippen molar-refractivity contribution in [2.75, 3.05) is 18.4 Å². The Morgan fingerprint density at radius 1 is 1.03 bits per heavy atom. The van der Waals surface area contributed by atoms with Gasteiger partial charge in [0.25, 0.3) is 5.91 Å². The van der Waals surface area contributed by atoms with E-state index in [-0.39, 0.29) is 17.9 Å². The molecule has 0 bridgehead atoms. The van der Waals surface area contributed by atoms with Gasteiger partial charge in [0.15, 0.2) is 0 Å². The van der Waals surface area contributed by atoms with Crippen LogP contribution in [0.1, 0.15) is 64.6 Å². The first-order valence-corrected chi connectivity index (χ1v) is 12.4. The second kappa shape index (κ2) is 10.4. The fraction of sp³-hybridized carbons (Fsp3) is 0.357. The Kier molecular flexibility index (Phi) is 6.86. The Morgan fingerprint density at radius 2 is 1.83 bits per heavy atom. The van der Waals surface area contributed by atoms with Crippen LogP contribution in [0.25, 0.3) is 0 Å². The van der Waals surface area contributed by atoms with Crippen molar-refractivity contribution in [3.8, 4) is 0 Å². The van der Waals surface area contributed by atoms with Gasteiger partial charge in [-0.1, -0.05) is 36.4 Å². The first-order valence-electron chi connectivity index (χ1n) is 12.4. The molecule has 2 amide bonds. The van der Waals surface area contributed by atoms with Gasteiger partial charge >= 0.3 is 0 Å². The van der Waals surface area contributed by atoms with Crippen LogP contribution in [-0.2, 0) is 17.9 Å². The number of rotatable bonds is 7. The average molecular weight is 470 g/mol. The van der Waals surface area contributed by atoms with Crippen LogP contribution in [0.4, 0.5) is 5.82 Å². The van der Waals surface area contributed by atoms with Gasteiger partial charge in [0.1, 0.15) is 11.5 Å². The number of pyridine rings is 2. The zero-order valence-electron chi connectivity index (χ0n) is 20.1. The summed E-state index contributed by atoms with van der Waals surface area (Å²) in [6.45, 7) is 5.54. The molecule has 1 saturated heterocycles. The molecule has 4 heterocycles. The molecular weight excluding hydrogens is 438 g/mol. The van der Waals surface area contributed by atoms with Crippen LogP contribution in [0.15, 0.2) is 60.8 Å². The van der Waals surface area contributed by atoms with Gasteiger partial charge in [0, 0.05) is 32.3 Å². The monoisotopic (exact) mass is 469 g/mol. The van der Waals surface area contributed by atoms with E-state index in [1.807, 2.05) is 30.0 Å². The Hall–Kier alpha value is -3.58. The number of aryl methyl sites for hydroxylation is 1. The molecule has 1 N–H and O–H groups in total. The van der Waals surface area contributed by atoms with Crippen molar-refractivity contribution >= 4 is 17.6 Å². The van der Waals surface area contributed by atoms with Gasteiger partial charge in [0.05, 0.1) is 11.7 Å². The van der Waals surface area contributed by atoms with Gasteiger partial charge in [-0.3, -0.25) is 14.5 Å². The zero-order chi connectivity index (χ0) is 24.2. The quantitative estimate of drug-likeness (QED) is 0.551. The number of likely N-dealkylation sites (tertiary alicyclic amines) is 1. The lowest BCUT2D eigenvalue weighted by atomic mass is 10.1. The van der Waals surface area contributed by atoms with Crippen LogP contribution >= 0.6 is 0 Å². The summed E-state index contributed by atoms with van der Waals surface area (Å²) in [4.78, 5) is 39.0. The van der Waals surface area contributed by atoms with E-state index in [1.54, 1.807) is 18.3 Å². The first-order chi connectivity index (χ1) is 17.1. The maximum Gasteiger partial charge on any atom is 0.275 e. The molecule has 180 valence electrons. The van der Waals surface area contributed by atoms with Gasteiger partial charge in [-0.05, 0) is 67.6 Å². The fourth-order valence-electron chi connectivity index (χ4n) is 5.02. The van der Waals surface area contributed by atoms with Gasteiger partial charge in [-0.2, -0.15) is 0 Å². The lowest BCUT2D eigenvalue weighted by Gasteiger charge is -2.25. The molecule has 1 fully saturated rings. The summed E-state index contributed by atoms with van der Waals surface area (Å²) < 4.78 is 0. The third-order valence-electron chi connectivity index (χ3n) is 6.84. The number of aromatic nitrogens is 2.